The fourth-order valence-corrected chi connectivity index (χ4v) is 3.10. The molecule has 1 heterocycles. The predicted octanol–water partition coefficient (Wildman–Crippen LogP) is 3.47. The summed E-state index contributed by atoms with van der Waals surface area (Å²) in [4.78, 5) is 6.43. The van der Waals surface area contributed by atoms with Crippen LogP contribution in [0.4, 0.5) is 0 Å². The number of hydrazone groups is 1. The summed E-state index contributed by atoms with van der Waals surface area (Å²) in [6, 6.07) is 18.7. The Morgan fingerprint density at radius 3 is 2.24 bits per heavy atom. The van der Waals surface area contributed by atoms with E-state index in [1.807, 2.05) is 36.4 Å². The number of hydrogen-bond acceptors (Lipinski definition) is 4. The van der Waals surface area contributed by atoms with Crippen molar-refractivity contribution in [2.24, 2.45) is 5.10 Å². The highest BCUT2D eigenvalue weighted by Gasteiger charge is 2.14. The van der Waals surface area contributed by atoms with Crippen LogP contribution in [-0.2, 0) is 10.0 Å². The minimum absolute atomic E-state index is 0.0826. The van der Waals surface area contributed by atoms with E-state index in [2.05, 4.69) is 14.9 Å². The number of aromatic nitrogens is 1. The first kappa shape index (κ1) is 17.1. The van der Waals surface area contributed by atoms with Gasteiger partial charge in [-0.25, -0.2) is 0 Å². The molecule has 0 aliphatic rings. The zero-order valence-corrected chi connectivity index (χ0v) is 14.6. The maximum atomic E-state index is 12.4. The van der Waals surface area contributed by atoms with Gasteiger partial charge in [0, 0.05) is 28.5 Å². The Kier molecular flexibility index (Phi) is 5.11. The van der Waals surface area contributed by atoms with Gasteiger partial charge in [-0.05, 0) is 36.4 Å². The van der Waals surface area contributed by atoms with E-state index in [0.29, 0.717) is 16.3 Å². The molecule has 25 heavy (non-hydrogen) atoms. The third-order valence-electron chi connectivity index (χ3n) is 3.38. The van der Waals surface area contributed by atoms with E-state index >= 15 is 0 Å². The molecule has 0 saturated carbocycles. The van der Waals surface area contributed by atoms with Gasteiger partial charge >= 0.3 is 0 Å². The van der Waals surface area contributed by atoms with Gasteiger partial charge in [-0.1, -0.05) is 41.9 Å². The Morgan fingerprint density at radius 1 is 0.920 bits per heavy atom. The van der Waals surface area contributed by atoms with Crippen LogP contribution < -0.4 is 4.83 Å². The molecule has 7 heteroatoms. The smallest absolute Gasteiger partial charge is 0.264 e. The maximum absolute atomic E-state index is 12.4. The predicted molar refractivity (Wildman–Crippen MR) is 98.1 cm³/mol. The molecule has 1 aromatic heterocycles. The van der Waals surface area contributed by atoms with Gasteiger partial charge in [-0.2, -0.15) is 18.4 Å². The highest BCUT2D eigenvalue weighted by molar-refractivity contribution is 7.89. The SMILES string of the molecule is O=S(=O)(N/N=C(/c1ccccc1)c1cccnc1)c1ccc(Cl)cc1. The topological polar surface area (TPSA) is 71.4 Å². The van der Waals surface area contributed by atoms with Gasteiger partial charge in [0.25, 0.3) is 10.0 Å². The number of pyridine rings is 1. The Labute approximate surface area is 151 Å². The highest BCUT2D eigenvalue weighted by atomic mass is 35.5. The summed E-state index contributed by atoms with van der Waals surface area (Å²) in [5.74, 6) is 0. The van der Waals surface area contributed by atoms with Crippen molar-refractivity contribution in [3.05, 3.63) is 95.3 Å². The minimum Gasteiger partial charge on any atom is -0.264 e. The number of nitrogens with zero attached hydrogens (tertiary/aromatic N) is 2. The molecular formula is C18H14ClN3O2S. The van der Waals surface area contributed by atoms with E-state index in [9.17, 15) is 8.42 Å². The van der Waals surface area contributed by atoms with Crippen molar-refractivity contribution in [2.45, 2.75) is 4.90 Å². The number of rotatable bonds is 5. The van der Waals surface area contributed by atoms with Crippen molar-refractivity contribution in [2.75, 3.05) is 0 Å². The zero-order chi connectivity index (χ0) is 17.7. The summed E-state index contributed by atoms with van der Waals surface area (Å²) in [5.41, 5.74) is 1.95. The minimum atomic E-state index is -3.80. The third kappa shape index (κ3) is 4.23. The van der Waals surface area contributed by atoms with E-state index in [-0.39, 0.29) is 4.90 Å². The van der Waals surface area contributed by atoms with E-state index in [0.717, 1.165) is 5.56 Å². The number of hydrogen-bond donors (Lipinski definition) is 1. The van der Waals surface area contributed by atoms with Crippen LogP contribution >= 0.6 is 11.6 Å². The van der Waals surface area contributed by atoms with Gasteiger partial charge in [0.05, 0.1) is 4.90 Å². The molecule has 0 spiro atoms. The van der Waals surface area contributed by atoms with Crippen molar-refractivity contribution in [1.82, 2.24) is 9.82 Å². The van der Waals surface area contributed by atoms with E-state index in [4.69, 9.17) is 11.6 Å². The zero-order valence-electron chi connectivity index (χ0n) is 13.0. The second-order valence-corrected chi connectivity index (χ2v) is 7.21. The molecule has 0 fully saturated rings. The molecule has 0 unspecified atom stereocenters. The maximum Gasteiger partial charge on any atom is 0.276 e. The first-order valence-corrected chi connectivity index (χ1v) is 9.23. The molecule has 1 N–H and O–H groups in total. The summed E-state index contributed by atoms with van der Waals surface area (Å²) in [7, 11) is -3.80. The number of nitrogens with one attached hydrogen (secondary N) is 1. The van der Waals surface area contributed by atoms with Crippen LogP contribution in [0.5, 0.6) is 0 Å². The van der Waals surface area contributed by atoms with Crippen LogP contribution in [0.1, 0.15) is 11.1 Å². The summed E-state index contributed by atoms with van der Waals surface area (Å²) in [6.07, 6.45) is 3.27. The standard InChI is InChI=1S/C18H14ClN3O2S/c19-16-8-10-17(11-9-16)25(23,24)22-21-18(14-5-2-1-3-6-14)15-7-4-12-20-13-15/h1-13,22H/b21-18-. The van der Waals surface area contributed by atoms with Crippen molar-refractivity contribution in [3.8, 4) is 0 Å². The lowest BCUT2D eigenvalue weighted by Crippen LogP contribution is -2.21. The molecule has 0 aliphatic heterocycles. The molecule has 126 valence electrons. The molecule has 3 aromatic rings. The number of halogens is 1. The van der Waals surface area contributed by atoms with Gasteiger partial charge in [0.1, 0.15) is 5.71 Å². The molecular weight excluding hydrogens is 358 g/mol. The van der Waals surface area contributed by atoms with Gasteiger partial charge in [-0.3, -0.25) is 4.98 Å². The summed E-state index contributed by atoms with van der Waals surface area (Å²) in [5, 5.41) is 4.60. The van der Waals surface area contributed by atoms with Crippen LogP contribution in [0.2, 0.25) is 5.02 Å². The fraction of sp³-hybridized carbons (Fsp3) is 0. The Hall–Kier alpha value is -2.70. The highest BCUT2D eigenvalue weighted by Crippen LogP contribution is 2.15. The van der Waals surface area contributed by atoms with Crippen LogP contribution in [0.15, 0.2) is 89.1 Å². The molecule has 0 saturated heterocycles. The van der Waals surface area contributed by atoms with Crippen LogP contribution in [0, 0.1) is 0 Å². The van der Waals surface area contributed by atoms with Crippen molar-refractivity contribution >= 4 is 27.3 Å². The molecule has 0 radical (unpaired) electrons. The normalized spacial score (nSPS) is 12.0. The van der Waals surface area contributed by atoms with E-state index in [1.54, 1.807) is 18.5 Å². The Bertz CT molecular complexity index is 932. The molecule has 0 bridgehead atoms. The third-order valence-corrected chi connectivity index (χ3v) is 4.86. The lowest BCUT2D eigenvalue weighted by atomic mass is 10.0. The quantitative estimate of drug-likeness (QED) is 0.551. The van der Waals surface area contributed by atoms with Gasteiger partial charge < -0.3 is 0 Å². The summed E-state index contributed by atoms with van der Waals surface area (Å²) >= 11 is 5.80. The largest absolute Gasteiger partial charge is 0.276 e. The molecule has 0 atom stereocenters. The monoisotopic (exact) mass is 371 g/mol. The molecule has 3 rings (SSSR count). The van der Waals surface area contributed by atoms with Crippen LogP contribution in [0.25, 0.3) is 0 Å². The Balaban J connectivity index is 1.98. The van der Waals surface area contributed by atoms with Crippen molar-refractivity contribution in [3.63, 3.8) is 0 Å². The lowest BCUT2D eigenvalue weighted by molar-refractivity contribution is 0.584. The van der Waals surface area contributed by atoms with Gasteiger partial charge in [-0.15, -0.1) is 0 Å². The number of sulfonamides is 1. The second kappa shape index (κ2) is 7.46. The molecule has 2 aromatic carbocycles. The average Bonchev–Trinajstić information content (AvgIpc) is 2.64. The summed E-state index contributed by atoms with van der Waals surface area (Å²) < 4.78 is 24.9. The van der Waals surface area contributed by atoms with Gasteiger partial charge in [0.15, 0.2) is 0 Å². The van der Waals surface area contributed by atoms with Crippen molar-refractivity contribution < 1.29 is 8.42 Å². The van der Waals surface area contributed by atoms with E-state index < -0.39 is 10.0 Å². The molecule has 0 amide bonds. The summed E-state index contributed by atoms with van der Waals surface area (Å²) in [6.45, 7) is 0. The van der Waals surface area contributed by atoms with Crippen LogP contribution in [-0.4, -0.2) is 19.1 Å². The molecule has 0 aliphatic carbocycles. The van der Waals surface area contributed by atoms with Gasteiger partial charge in [0.2, 0.25) is 0 Å². The fourth-order valence-electron chi connectivity index (χ4n) is 2.17. The van der Waals surface area contributed by atoms with Crippen LogP contribution in [0.3, 0.4) is 0 Å². The Morgan fingerprint density at radius 2 is 1.60 bits per heavy atom. The van der Waals surface area contributed by atoms with E-state index in [1.165, 1.54) is 24.3 Å². The average molecular weight is 372 g/mol. The van der Waals surface area contributed by atoms with Crippen molar-refractivity contribution in [1.29, 1.82) is 0 Å². The number of benzene rings is 2. The first-order chi connectivity index (χ1) is 12.1. The first-order valence-electron chi connectivity index (χ1n) is 7.37. The lowest BCUT2D eigenvalue weighted by Gasteiger charge is -2.09. The molecule has 5 nitrogen and oxygen atoms in total. The second-order valence-electron chi connectivity index (χ2n) is 5.12.